The van der Waals surface area contributed by atoms with E-state index in [9.17, 15) is 0 Å². The van der Waals surface area contributed by atoms with E-state index >= 15 is 0 Å². The van der Waals surface area contributed by atoms with Gasteiger partial charge < -0.3 is 14.8 Å². The molecule has 0 aliphatic carbocycles. The molecule has 4 nitrogen and oxygen atoms in total. The Bertz CT molecular complexity index is 468. The van der Waals surface area contributed by atoms with E-state index < -0.39 is 0 Å². The zero-order valence-electron chi connectivity index (χ0n) is 13.1. The van der Waals surface area contributed by atoms with Crippen LogP contribution in [0.15, 0.2) is 16.6 Å². The summed E-state index contributed by atoms with van der Waals surface area (Å²) in [7, 11) is 1.69. The number of rotatable bonds is 6. The molecule has 0 unspecified atom stereocenters. The maximum absolute atomic E-state index is 5.77. The molecule has 0 spiro atoms. The van der Waals surface area contributed by atoms with Crippen molar-refractivity contribution in [2.75, 3.05) is 33.4 Å². The molecule has 0 saturated carbocycles. The van der Waals surface area contributed by atoms with Crippen LogP contribution in [0.1, 0.15) is 25.8 Å². The van der Waals surface area contributed by atoms with Gasteiger partial charge in [-0.1, -0.05) is 6.92 Å². The molecular weight excluding hydrogens is 332 g/mol. The van der Waals surface area contributed by atoms with Crippen LogP contribution in [0.5, 0.6) is 11.5 Å². The lowest BCUT2D eigenvalue weighted by atomic mass is 10.1. The van der Waals surface area contributed by atoms with Crippen molar-refractivity contribution in [3.63, 3.8) is 0 Å². The Labute approximate surface area is 135 Å². The summed E-state index contributed by atoms with van der Waals surface area (Å²) in [6, 6.07) is 4.78. The summed E-state index contributed by atoms with van der Waals surface area (Å²) in [5.74, 6) is 1.60. The van der Waals surface area contributed by atoms with E-state index in [1.165, 1.54) is 5.56 Å². The van der Waals surface area contributed by atoms with Gasteiger partial charge >= 0.3 is 0 Å². The molecule has 2 rings (SSSR count). The number of ether oxygens (including phenoxy) is 2. The van der Waals surface area contributed by atoms with Crippen LogP contribution in [0.4, 0.5) is 0 Å². The van der Waals surface area contributed by atoms with Gasteiger partial charge in [-0.2, -0.15) is 0 Å². The summed E-state index contributed by atoms with van der Waals surface area (Å²) in [6.45, 7) is 9.17. The molecule has 1 fully saturated rings. The van der Waals surface area contributed by atoms with Gasteiger partial charge in [-0.3, -0.25) is 4.90 Å². The Morgan fingerprint density at radius 1 is 1.43 bits per heavy atom. The lowest BCUT2D eigenvalue weighted by Crippen LogP contribution is -2.48. The predicted molar refractivity (Wildman–Crippen MR) is 89.2 cm³/mol. The lowest BCUT2D eigenvalue weighted by molar-refractivity contribution is 0.199. The molecule has 5 heteroatoms. The second kappa shape index (κ2) is 8.01. The highest BCUT2D eigenvalue weighted by atomic mass is 79.9. The topological polar surface area (TPSA) is 33.7 Å². The first-order valence-electron chi connectivity index (χ1n) is 7.59. The Morgan fingerprint density at radius 3 is 2.90 bits per heavy atom. The summed E-state index contributed by atoms with van der Waals surface area (Å²) in [4.78, 5) is 2.47. The Morgan fingerprint density at radius 2 is 2.24 bits per heavy atom. The first kappa shape index (κ1) is 16.6. The van der Waals surface area contributed by atoms with Gasteiger partial charge in [0, 0.05) is 32.2 Å². The van der Waals surface area contributed by atoms with Crippen molar-refractivity contribution in [1.29, 1.82) is 0 Å². The van der Waals surface area contributed by atoms with Crippen molar-refractivity contribution in [2.24, 2.45) is 0 Å². The van der Waals surface area contributed by atoms with Gasteiger partial charge in [-0.25, -0.2) is 0 Å². The standard InChI is InChI=1S/C16H25BrN2O2/c1-4-7-21-16-14(17)8-13(9-15(16)20-3)11-19-6-5-18-12(2)10-19/h8-9,12,18H,4-7,10-11H2,1-3H3/t12-/m1/s1. The molecule has 1 N–H and O–H groups in total. The molecule has 118 valence electrons. The van der Waals surface area contributed by atoms with E-state index in [0.717, 1.165) is 48.6 Å². The number of halogens is 1. The lowest BCUT2D eigenvalue weighted by Gasteiger charge is -2.32. The average molecular weight is 357 g/mol. The van der Waals surface area contributed by atoms with E-state index in [-0.39, 0.29) is 0 Å². The molecule has 0 radical (unpaired) electrons. The minimum Gasteiger partial charge on any atom is -0.493 e. The maximum atomic E-state index is 5.77. The highest BCUT2D eigenvalue weighted by Gasteiger charge is 2.17. The van der Waals surface area contributed by atoms with Crippen LogP contribution in [-0.4, -0.2) is 44.3 Å². The van der Waals surface area contributed by atoms with Gasteiger partial charge in [0.05, 0.1) is 18.2 Å². The second-order valence-corrected chi connectivity index (χ2v) is 6.40. The molecule has 1 aliphatic rings. The Hall–Kier alpha value is -0.780. The third kappa shape index (κ3) is 4.59. The molecule has 1 saturated heterocycles. The maximum Gasteiger partial charge on any atom is 0.175 e. The molecule has 0 bridgehead atoms. The number of benzene rings is 1. The highest BCUT2D eigenvalue weighted by Crippen LogP contribution is 2.37. The van der Waals surface area contributed by atoms with Gasteiger partial charge in [0.2, 0.25) is 0 Å². The van der Waals surface area contributed by atoms with Gasteiger partial charge in [0.25, 0.3) is 0 Å². The van der Waals surface area contributed by atoms with Gasteiger partial charge in [0.1, 0.15) is 0 Å². The SMILES string of the molecule is CCCOc1c(Br)cc(CN2CCN[C@H](C)C2)cc1OC. The van der Waals surface area contributed by atoms with Crippen LogP contribution in [0.3, 0.4) is 0 Å². The molecule has 21 heavy (non-hydrogen) atoms. The van der Waals surface area contributed by atoms with Crippen molar-refractivity contribution in [2.45, 2.75) is 32.9 Å². The zero-order valence-corrected chi connectivity index (χ0v) is 14.7. The Kier molecular flexibility index (Phi) is 6.33. The molecule has 1 aromatic carbocycles. The number of hydrogen-bond donors (Lipinski definition) is 1. The summed E-state index contributed by atoms with van der Waals surface area (Å²) in [5, 5.41) is 3.47. The average Bonchev–Trinajstić information content (AvgIpc) is 2.45. The fraction of sp³-hybridized carbons (Fsp3) is 0.625. The zero-order chi connectivity index (χ0) is 15.2. The van der Waals surface area contributed by atoms with Crippen molar-refractivity contribution in [3.05, 3.63) is 22.2 Å². The molecular formula is C16H25BrN2O2. The monoisotopic (exact) mass is 356 g/mol. The summed E-state index contributed by atoms with van der Waals surface area (Å²) < 4.78 is 12.2. The molecule has 1 heterocycles. The van der Waals surface area contributed by atoms with Crippen molar-refractivity contribution >= 4 is 15.9 Å². The fourth-order valence-corrected chi connectivity index (χ4v) is 3.23. The van der Waals surface area contributed by atoms with E-state index in [1.807, 2.05) is 0 Å². The van der Waals surface area contributed by atoms with Crippen LogP contribution >= 0.6 is 15.9 Å². The van der Waals surface area contributed by atoms with E-state index in [0.29, 0.717) is 12.6 Å². The van der Waals surface area contributed by atoms with Crippen LogP contribution < -0.4 is 14.8 Å². The van der Waals surface area contributed by atoms with Gasteiger partial charge in [0.15, 0.2) is 11.5 Å². The largest absolute Gasteiger partial charge is 0.493 e. The minimum absolute atomic E-state index is 0.552. The minimum atomic E-state index is 0.552. The number of nitrogens with one attached hydrogen (secondary N) is 1. The molecule has 1 atom stereocenters. The van der Waals surface area contributed by atoms with E-state index in [1.54, 1.807) is 7.11 Å². The van der Waals surface area contributed by atoms with E-state index in [2.05, 4.69) is 52.1 Å². The smallest absolute Gasteiger partial charge is 0.175 e. The third-order valence-corrected chi connectivity index (χ3v) is 4.19. The van der Waals surface area contributed by atoms with E-state index in [4.69, 9.17) is 9.47 Å². The van der Waals surface area contributed by atoms with Crippen LogP contribution in [0.25, 0.3) is 0 Å². The third-order valence-electron chi connectivity index (χ3n) is 3.60. The van der Waals surface area contributed by atoms with Crippen molar-refractivity contribution in [1.82, 2.24) is 10.2 Å². The first-order chi connectivity index (χ1) is 10.1. The molecule has 0 amide bonds. The second-order valence-electron chi connectivity index (χ2n) is 5.55. The highest BCUT2D eigenvalue weighted by molar-refractivity contribution is 9.10. The number of hydrogen-bond acceptors (Lipinski definition) is 4. The fourth-order valence-electron chi connectivity index (χ4n) is 2.62. The first-order valence-corrected chi connectivity index (χ1v) is 8.38. The van der Waals surface area contributed by atoms with Crippen molar-refractivity contribution < 1.29 is 9.47 Å². The van der Waals surface area contributed by atoms with Gasteiger partial charge in [-0.05, 0) is 47.0 Å². The predicted octanol–water partition coefficient (Wildman–Crippen LogP) is 3.04. The van der Waals surface area contributed by atoms with Crippen LogP contribution in [0.2, 0.25) is 0 Å². The molecule has 1 aromatic rings. The summed E-state index contributed by atoms with van der Waals surface area (Å²) >= 11 is 3.61. The molecule has 1 aliphatic heterocycles. The quantitative estimate of drug-likeness (QED) is 0.849. The van der Waals surface area contributed by atoms with Crippen LogP contribution in [0, 0.1) is 0 Å². The van der Waals surface area contributed by atoms with Crippen LogP contribution in [-0.2, 0) is 6.54 Å². The number of nitrogens with zero attached hydrogens (tertiary/aromatic N) is 1. The number of methoxy groups -OCH3 is 1. The summed E-state index contributed by atoms with van der Waals surface area (Å²) in [6.07, 6.45) is 0.982. The van der Waals surface area contributed by atoms with Crippen molar-refractivity contribution in [3.8, 4) is 11.5 Å². The molecule has 0 aromatic heterocycles. The number of piperazine rings is 1. The van der Waals surface area contributed by atoms with Gasteiger partial charge in [-0.15, -0.1) is 0 Å². The normalized spacial score (nSPS) is 19.5. The Balaban J connectivity index is 2.11. The summed E-state index contributed by atoms with van der Waals surface area (Å²) in [5.41, 5.74) is 1.25.